The average molecular weight is 424 g/mol. The third-order valence-corrected chi connectivity index (χ3v) is 5.96. The number of pyridine rings is 1. The third-order valence-electron chi connectivity index (χ3n) is 5.96. The molecule has 166 valence electrons. The lowest BCUT2D eigenvalue weighted by Gasteiger charge is -2.45. The van der Waals surface area contributed by atoms with Gasteiger partial charge in [-0.15, -0.1) is 0 Å². The van der Waals surface area contributed by atoms with Crippen LogP contribution in [0.4, 0.5) is 11.5 Å². The summed E-state index contributed by atoms with van der Waals surface area (Å²) in [4.78, 5) is 31.8. The van der Waals surface area contributed by atoms with Gasteiger partial charge in [0.05, 0.1) is 6.04 Å². The van der Waals surface area contributed by atoms with Crippen molar-refractivity contribution in [2.45, 2.75) is 46.2 Å². The SMILES string of the molecule is CC[C@H]1[C@H](C)[C@@H](Nc2cccc(C)n2)c2cc(C(=O)NCCNC)ccc2N1C(C)=O. The molecule has 1 aliphatic heterocycles. The lowest BCUT2D eigenvalue weighted by atomic mass is 9.80. The Bertz CT molecular complexity index is 945. The van der Waals surface area contributed by atoms with Gasteiger partial charge in [-0.05, 0) is 56.3 Å². The van der Waals surface area contributed by atoms with Crippen molar-refractivity contribution in [3.63, 3.8) is 0 Å². The van der Waals surface area contributed by atoms with E-state index in [1.807, 2.05) is 49.2 Å². The molecule has 7 nitrogen and oxygen atoms in total. The molecule has 31 heavy (non-hydrogen) atoms. The van der Waals surface area contributed by atoms with Crippen molar-refractivity contribution >= 4 is 23.3 Å². The van der Waals surface area contributed by atoms with Crippen LogP contribution in [0.2, 0.25) is 0 Å². The highest BCUT2D eigenvalue weighted by molar-refractivity contribution is 5.98. The first-order chi connectivity index (χ1) is 14.9. The van der Waals surface area contributed by atoms with Crippen LogP contribution in [0.3, 0.4) is 0 Å². The number of aryl methyl sites for hydroxylation is 1. The fourth-order valence-corrected chi connectivity index (χ4v) is 4.44. The van der Waals surface area contributed by atoms with E-state index in [0.29, 0.717) is 18.7 Å². The van der Waals surface area contributed by atoms with E-state index in [4.69, 9.17) is 0 Å². The lowest BCUT2D eigenvalue weighted by molar-refractivity contribution is -0.117. The molecule has 0 saturated carbocycles. The maximum absolute atomic E-state index is 12.7. The van der Waals surface area contributed by atoms with E-state index in [-0.39, 0.29) is 29.8 Å². The van der Waals surface area contributed by atoms with Gasteiger partial charge in [-0.1, -0.05) is 19.9 Å². The summed E-state index contributed by atoms with van der Waals surface area (Å²) in [7, 11) is 1.85. The zero-order valence-corrected chi connectivity index (χ0v) is 19.0. The van der Waals surface area contributed by atoms with Crippen molar-refractivity contribution in [2.75, 3.05) is 30.4 Å². The third kappa shape index (κ3) is 4.88. The minimum Gasteiger partial charge on any atom is -0.363 e. The zero-order valence-electron chi connectivity index (χ0n) is 19.0. The predicted octanol–water partition coefficient (Wildman–Crippen LogP) is 3.27. The molecule has 2 heterocycles. The number of fused-ring (bicyclic) bond motifs is 1. The minimum absolute atomic E-state index is 0.0123. The average Bonchev–Trinajstić information content (AvgIpc) is 2.74. The van der Waals surface area contributed by atoms with Crippen LogP contribution in [0, 0.1) is 12.8 Å². The largest absolute Gasteiger partial charge is 0.363 e. The zero-order chi connectivity index (χ0) is 22.5. The molecule has 3 rings (SSSR count). The summed E-state index contributed by atoms with van der Waals surface area (Å²) < 4.78 is 0. The van der Waals surface area contributed by atoms with Crippen LogP contribution < -0.4 is 20.9 Å². The summed E-state index contributed by atoms with van der Waals surface area (Å²) >= 11 is 0. The van der Waals surface area contributed by atoms with E-state index in [2.05, 4.69) is 34.8 Å². The number of hydrogen-bond donors (Lipinski definition) is 3. The number of aromatic nitrogens is 1. The molecule has 2 aromatic rings. The number of amides is 2. The molecule has 0 bridgehead atoms. The van der Waals surface area contributed by atoms with Gasteiger partial charge in [0.25, 0.3) is 5.91 Å². The van der Waals surface area contributed by atoms with Crippen LogP contribution in [0.1, 0.15) is 54.8 Å². The Kier molecular flexibility index (Phi) is 7.28. The van der Waals surface area contributed by atoms with Gasteiger partial charge >= 0.3 is 0 Å². The number of carbonyl (C=O) groups is 2. The van der Waals surface area contributed by atoms with Gasteiger partial charge in [0, 0.05) is 48.9 Å². The first-order valence-corrected chi connectivity index (χ1v) is 10.9. The molecule has 7 heteroatoms. The number of hydrogen-bond acceptors (Lipinski definition) is 5. The molecule has 0 spiro atoms. The molecule has 0 fully saturated rings. The van der Waals surface area contributed by atoms with Crippen LogP contribution in [-0.2, 0) is 4.79 Å². The number of nitrogens with one attached hydrogen (secondary N) is 3. The Morgan fingerprint density at radius 3 is 2.58 bits per heavy atom. The quantitative estimate of drug-likeness (QED) is 0.595. The highest BCUT2D eigenvalue weighted by atomic mass is 16.2. The molecule has 1 aliphatic rings. The molecule has 3 atom stereocenters. The first kappa shape index (κ1) is 22.7. The molecule has 1 aromatic carbocycles. The molecule has 3 N–H and O–H groups in total. The molecular formula is C24H33N5O2. The van der Waals surface area contributed by atoms with Crippen molar-refractivity contribution in [1.29, 1.82) is 0 Å². The molecule has 0 radical (unpaired) electrons. The predicted molar refractivity (Wildman–Crippen MR) is 124 cm³/mol. The van der Waals surface area contributed by atoms with Crippen LogP contribution in [0.25, 0.3) is 0 Å². The Hall–Kier alpha value is -2.93. The Balaban J connectivity index is 2.04. The summed E-state index contributed by atoms with van der Waals surface area (Å²) in [6.07, 6.45) is 0.839. The lowest BCUT2D eigenvalue weighted by Crippen LogP contribution is -2.49. The second-order valence-electron chi connectivity index (χ2n) is 8.14. The summed E-state index contributed by atoms with van der Waals surface area (Å²) in [5.74, 6) is 0.813. The second-order valence-corrected chi connectivity index (χ2v) is 8.14. The van der Waals surface area contributed by atoms with Crippen molar-refractivity contribution in [1.82, 2.24) is 15.6 Å². The van der Waals surface area contributed by atoms with E-state index in [1.165, 1.54) is 0 Å². The van der Waals surface area contributed by atoms with Crippen molar-refractivity contribution in [3.05, 3.63) is 53.2 Å². The molecule has 1 aromatic heterocycles. The smallest absolute Gasteiger partial charge is 0.251 e. The van der Waals surface area contributed by atoms with E-state index in [9.17, 15) is 9.59 Å². The number of carbonyl (C=O) groups excluding carboxylic acids is 2. The maximum Gasteiger partial charge on any atom is 0.251 e. The number of benzene rings is 1. The van der Waals surface area contributed by atoms with Gasteiger partial charge in [-0.25, -0.2) is 4.98 Å². The van der Waals surface area contributed by atoms with E-state index in [0.717, 1.165) is 29.2 Å². The fraction of sp³-hybridized carbons (Fsp3) is 0.458. The topological polar surface area (TPSA) is 86.4 Å². The highest BCUT2D eigenvalue weighted by Crippen LogP contribution is 2.43. The normalized spacial score (nSPS) is 20.2. The summed E-state index contributed by atoms with van der Waals surface area (Å²) in [5, 5.41) is 9.53. The van der Waals surface area contributed by atoms with Gasteiger partial charge in [0.2, 0.25) is 5.91 Å². The number of nitrogens with zero attached hydrogens (tertiary/aromatic N) is 2. The summed E-state index contributed by atoms with van der Waals surface area (Å²) in [5.41, 5.74) is 3.32. The minimum atomic E-state index is -0.120. The Labute approximate surface area is 184 Å². The monoisotopic (exact) mass is 423 g/mol. The second kappa shape index (κ2) is 9.92. The van der Waals surface area contributed by atoms with E-state index < -0.39 is 0 Å². The van der Waals surface area contributed by atoms with Gasteiger partial charge in [0.15, 0.2) is 0 Å². The van der Waals surface area contributed by atoms with Crippen LogP contribution in [0.15, 0.2) is 36.4 Å². The van der Waals surface area contributed by atoms with Crippen LogP contribution in [-0.4, -0.2) is 43.0 Å². The van der Waals surface area contributed by atoms with Gasteiger partial charge in [-0.3, -0.25) is 9.59 Å². The van der Waals surface area contributed by atoms with E-state index in [1.54, 1.807) is 13.0 Å². The fourth-order valence-electron chi connectivity index (χ4n) is 4.44. The molecule has 0 unspecified atom stereocenters. The van der Waals surface area contributed by atoms with Crippen molar-refractivity contribution in [3.8, 4) is 0 Å². The first-order valence-electron chi connectivity index (χ1n) is 10.9. The number of anilines is 2. The highest BCUT2D eigenvalue weighted by Gasteiger charge is 2.40. The summed E-state index contributed by atoms with van der Waals surface area (Å²) in [6, 6.07) is 11.5. The standard InChI is InChI=1S/C24H33N5O2/c1-6-20-16(3)23(28-22-9-7-8-15(2)27-22)19-14-18(24(31)26-13-12-25-5)10-11-21(19)29(20)17(4)30/h7-11,14,16,20,23,25H,6,12-13H2,1-5H3,(H,26,31)(H,27,28)/t16-,20-,23+/m0/s1. The molecular weight excluding hydrogens is 390 g/mol. The van der Waals surface area contributed by atoms with E-state index >= 15 is 0 Å². The summed E-state index contributed by atoms with van der Waals surface area (Å²) in [6.45, 7) is 9.08. The Morgan fingerprint density at radius 2 is 1.94 bits per heavy atom. The molecule has 0 saturated heterocycles. The Morgan fingerprint density at radius 1 is 1.16 bits per heavy atom. The van der Waals surface area contributed by atoms with Gasteiger partial charge in [0.1, 0.15) is 5.82 Å². The number of rotatable bonds is 7. The maximum atomic E-state index is 12.7. The van der Waals surface area contributed by atoms with Crippen LogP contribution in [0.5, 0.6) is 0 Å². The number of likely N-dealkylation sites (N-methyl/N-ethyl adjacent to an activating group) is 1. The van der Waals surface area contributed by atoms with Crippen molar-refractivity contribution < 1.29 is 9.59 Å². The van der Waals surface area contributed by atoms with Gasteiger partial charge < -0.3 is 20.9 Å². The van der Waals surface area contributed by atoms with Crippen molar-refractivity contribution in [2.24, 2.45) is 5.92 Å². The molecule has 2 amide bonds. The van der Waals surface area contributed by atoms with Gasteiger partial charge in [-0.2, -0.15) is 0 Å². The van der Waals surface area contributed by atoms with Crippen LogP contribution >= 0.6 is 0 Å². The molecule has 0 aliphatic carbocycles.